The average Bonchev–Trinajstić information content (AvgIpc) is 2.93. The van der Waals surface area contributed by atoms with Crippen LogP contribution in [0.1, 0.15) is 137 Å². The van der Waals surface area contributed by atoms with Crippen molar-refractivity contribution >= 4 is 22.1 Å². The van der Waals surface area contributed by atoms with Crippen LogP contribution in [-0.4, -0.2) is 38.1 Å². The minimum atomic E-state index is -5.00. The molecule has 1 rings (SSSR count). The van der Waals surface area contributed by atoms with Crippen LogP contribution >= 0.6 is 0 Å². The van der Waals surface area contributed by atoms with E-state index in [1.165, 1.54) is 37.8 Å². The first-order valence-electron chi connectivity index (χ1n) is 15.1. The van der Waals surface area contributed by atoms with Crippen molar-refractivity contribution in [1.82, 2.24) is 0 Å². The number of hydrogen-bond donors (Lipinski definition) is 0. The van der Waals surface area contributed by atoms with Crippen LogP contribution in [0.15, 0.2) is 47.4 Å². The standard InChI is InChI=1S/C32H50O7S.Na/c1-3-5-7-9-11-13-15-17-19-21-26-38-31(33)28-24-23-25-29(40(35,36)37)30(28)32(34)39-27-22-20-18-16-14-12-10-8-6-4-2;/h9-12,23-25H,3-8,13-22,26-27H2,1-2H3,(H,35,36,37);/q;+1/p-1/b11-9+,12-10+;. The van der Waals surface area contributed by atoms with Gasteiger partial charge in [0.1, 0.15) is 10.1 Å². The average molecular weight is 601 g/mol. The molecule has 41 heavy (non-hydrogen) atoms. The number of allylic oxidation sites excluding steroid dienone is 4. The molecular formula is C32H49NaO7S. The molecule has 1 aromatic rings. The van der Waals surface area contributed by atoms with E-state index in [2.05, 4.69) is 38.2 Å². The molecule has 0 aliphatic heterocycles. The monoisotopic (exact) mass is 600 g/mol. The predicted molar refractivity (Wildman–Crippen MR) is 158 cm³/mol. The maximum atomic E-state index is 12.8. The molecule has 0 amide bonds. The van der Waals surface area contributed by atoms with Crippen molar-refractivity contribution in [3.05, 3.63) is 53.6 Å². The van der Waals surface area contributed by atoms with E-state index in [1.54, 1.807) is 0 Å². The number of unbranched alkanes of at least 4 members (excludes halogenated alkanes) is 12. The van der Waals surface area contributed by atoms with E-state index in [9.17, 15) is 22.6 Å². The van der Waals surface area contributed by atoms with Crippen LogP contribution in [0.5, 0.6) is 0 Å². The van der Waals surface area contributed by atoms with Crippen molar-refractivity contribution in [2.24, 2.45) is 0 Å². The summed E-state index contributed by atoms with van der Waals surface area (Å²) in [7, 11) is -5.00. The van der Waals surface area contributed by atoms with Crippen LogP contribution in [0.25, 0.3) is 0 Å². The molecule has 226 valence electrons. The quantitative estimate of drug-likeness (QED) is 0.0551. The minimum Gasteiger partial charge on any atom is -0.744 e. The third-order valence-corrected chi connectivity index (χ3v) is 7.38. The second-order valence-corrected chi connectivity index (χ2v) is 11.4. The Balaban J connectivity index is 0.0000160. The van der Waals surface area contributed by atoms with Crippen LogP contribution in [-0.2, 0) is 19.6 Å². The molecule has 0 atom stereocenters. The van der Waals surface area contributed by atoms with Gasteiger partial charge in [0.25, 0.3) is 0 Å². The van der Waals surface area contributed by atoms with Crippen LogP contribution < -0.4 is 29.6 Å². The Morgan fingerprint density at radius 3 is 1.59 bits per heavy atom. The fourth-order valence-electron chi connectivity index (χ4n) is 4.15. The van der Waals surface area contributed by atoms with Gasteiger partial charge < -0.3 is 14.0 Å². The summed E-state index contributed by atoms with van der Waals surface area (Å²) in [6.07, 6.45) is 25.0. The largest absolute Gasteiger partial charge is 1.00 e. The van der Waals surface area contributed by atoms with E-state index in [0.29, 0.717) is 12.8 Å². The normalized spacial score (nSPS) is 11.6. The molecule has 0 unspecified atom stereocenters. The van der Waals surface area contributed by atoms with Crippen molar-refractivity contribution in [1.29, 1.82) is 0 Å². The molecule has 0 N–H and O–H groups in total. The molecule has 0 fully saturated rings. The Kier molecular flexibility index (Phi) is 24.2. The van der Waals surface area contributed by atoms with Crippen LogP contribution in [0, 0.1) is 0 Å². The smallest absolute Gasteiger partial charge is 0.744 e. The van der Waals surface area contributed by atoms with Crippen molar-refractivity contribution in [3.63, 3.8) is 0 Å². The first kappa shape index (κ1) is 39.5. The summed E-state index contributed by atoms with van der Waals surface area (Å²) in [5.41, 5.74) is -0.816. The summed E-state index contributed by atoms with van der Waals surface area (Å²) in [6, 6.07) is 3.55. The molecule has 1 aromatic carbocycles. The third kappa shape index (κ3) is 18.6. The molecule has 0 heterocycles. The van der Waals surface area contributed by atoms with Gasteiger partial charge >= 0.3 is 41.5 Å². The number of ether oxygens (including phenoxy) is 2. The number of benzene rings is 1. The molecule has 7 nitrogen and oxygen atoms in total. The predicted octanol–water partition coefficient (Wildman–Crippen LogP) is 5.30. The first-order valence-corrected chi connectivity index (χ1v) is 16.5. The second-order valence-electron chi connectivity index (χ2n) is 10.0. The fourth-order valence-corrected chi connectivity index (χ4v) is 4.84. The summed E-state index contributed by atoms with van der Waals surface area (Å²) >= 11 is 0. The fraction of sp³-hybridized carbons (Fsp3) is 0.625. The maximum Gasteiger partial charge on any atom is 1.00 e. The van der Waals surface area contributed by atoms with Crippen LogP contribution in [0.2, 0.25) is 0 Å². The molecule has 0 bridgehead atoms. The van der Waals surface area contributed by atoms with E-state index in [-0.39, 0.29) is 48.3 Å². The summed E-state index contributed by atoms with van der Waals surface area (Å²) in [4.78, 5) is 24.8. The Bertz CT molecular complexity index is 1020. The molecule has 0 spiro atoms. The summed E-state index contributed by atoms with van der Waals surface area (Å²) in [6.45, 7) is 4.56. The van der Waals surface area contributed by atoms with Gasteiger partial charge in [0.05, 0.1) is 29.2 Å². The van der Waals surface area contributed by atoms with E-state index in [0.717, 1.165) is 70.3 Å². The van der Waals surface area contributed by atoms with Gasteiger partial charge in [-0.05, 0) is 63.5 Å². The van der Waals surface area contributed by atoms with Gasteiger partial charge in [-0.3, -0.25) is 0 Å². The Morgan fingerprint density at radius 2 is 1.12 bits per heavy atom. The number of carbonyl (C=O) groups is 2. The van der Waals surface area contributed by atoms with Gasteiger partial charge in [-0.2, -0.15) is 0 Å². The van der Waals surface area contributed by atoms with Gasteiger partial charge in [-0.25, -0.2) is 18.0 Å². The van der Waals surface area contributed by atoms with Crippen LogP contribution in [0.4, 0.5) is 0 Å². The minimum absolute atomic E-state index is 0. The van der Waals surface area contributed by atoms with Gasteiger partial charge in [0, 0.05) is 0 Å². The maximum absolute atomic E-state index is 12.8. The zero-order valence-corrected chi connectivity index (χ0v) is 28.4. The van der Waals surface area contributed by atoms with Crippen LogP contribution in [0.3, 0.4) is 0 Å². The van der Waals surface area contributed by atoms with Crippen molar-refractivity contribution < 1.29 is 61.6 Å². The molecule has 0 aliphatic rings. The van der Waals surface area contributed by atoms with Crippen molar-refractivity contribution in [3.8, 4) is 0 Å². The van der Waals surface area contributed by atoms with E-state index < -0.39 is 32.5 Å². The second kappa shape index (κ2) is 25.1. The van der Waals surface area contributed by atoms with E-state index in [4.69, 9.17) is 9.47 Å². The Morgan fingerprint density at radius 1 is 0.683 bits per heavy atom. The summed E-state index contributed by atoms with van der Waals surface area (Å²) in [5.74, 6) is -1.85. The summed E-state index contributed by atoms with van der Waals surface area (Å²) in [5, 5.41) is 0. The first-order chi connectivity index (χ1) is 19.3. The molecule has 0 radical (unpaired) electrons. The molecular weight excluding hydrogens is 551 g/mol. The Hall–Kier alpha value is -1.45. The molecule has 0 saturated heterocycles. The van der Waals surface area contributed by atoms with Crippen molar-refractivity contribution in [2.45, 2.75) is 121 Å². The topological polar surface area (TPSA) is 110 Å². The Labute approximate surface area is 270 Å². The molecule has 0 aliphatic carbocycles. The molecule has 0 saturated carbocycles. The zero-order valence-electron chi connectivity index (χ0n) is 25.5. The molecule has 9 heteroatoms. The van der Waals surface area contributed by atoms with E-state index >= 15 is 0 Å². The van der Waals surface area contributed by atoms with E-state index in [1.807, 2.05) is 0 Å². The number of carbonyl (C=O) groups excluding carboxylic acids is 2. The molecule has 0 aromatic heterocycles. The van der Waals surface area contributed by atoms with Gasteiger partial charge in [0.15, 0.2) is 0 Å². The van der Waals surface area contributed by atoms with Gasteiger partial charge in [-0.1, -0.05) is 95.6 Å². The summed E-state index contributed by atoms with van der Waals surface area (Å²) < 4.78 is 46.1. The van der Waals surface area contributed by atoms with Gasteiger partial charge in [-0.15, -0.1) is 0 Å². The van der Waals surface area contributed by atoms with Gasteiger partial charge in [0.2, 0.25) is 0 Å². The third-order valence-electron chi connectivity index (χ3n) is 6.50. The SMILES string of the molecule is CCCC/C=C/CCCCCCOC(=O)c1cccc(S(=O)(=O)[O-])c1C(=O)OCCCCCC/C=C/CCCC.[Na+]. The van der Waals surface area contributed by atoms with Crippen molar-refractivity contribution in [2.75, 3.05) is 13.2 Å². The number of hydrogen-bond acceptors (Lipinski definition) is 7. The number of esters is 2. The number of rotatable bonds is 23. The zero-order chi connectivity index (χ0) is 29.5.